The van der Waals surface area contributed by atoms with Gasteiger partial charge in [0.1, 0.15) is 5.82 Å². The van der Waals surface area contributed by atoms with E-state index in [0.717, 1.165) is 37.7 Å². The lowest BCUT2D eigenvalue weighted by Crippen LogP contribution is -2.43. The first kappa shape index (κ1) is 20.5. The summed E-state index contributed by atoms with van der Waals surface area (Å²) in [5, 5.41) is 8.95. The summed E-state index contributed by atoms with van der Waals surface area (Å²) >= 11 is 0. The van der Waals surface area contributed by atoms with Gasteiger partial charge in [-0.2, -0.15) is 5.26 Å². The van der Waals surface area contributed by atoms with E-state index in [9.17, 15) is 14.0 Å². The Balaban J connectivity index is 1.67. The summed E-state index contributed by atoms with van der Waals surface area (Å²) in [6.45, 7) is -0.0153. The minimum absolute atomic E-state index is 0.0851. The van der Waals surface area contributed by atoms with Crippen molar-refractivity contribution >= 4 is 11.9 Å². The van der Waals surface area contributed by atoms with Crippen LogP contribution in [0.5, 0.6) is 0 Å². The molecule has 0 unspecified atom stereocenters. The van der Waals surface area contributed by atoms with Gasteiger partial charge in [-0.25, -0.2) is 9.18 Å². The highest BCUT2D eigenvalue weighted by Crippen LogP contribution is 2.24. The fraction of sp³-hybridized carbons (Fsp3) is 0.348. The second kappa shape index (κ2) is 9.83. The van der Waals surface area contributed by atoms with Crippen molar-refractivity contribution < 1.29 is 18.7 Å². The predicted octanol–water partition coefficient (Wildman–Crippen LogP) is 4.22. The van der Waals surface area contributed by atoms with E-state index in [1.165, 1.54) is 18.2 Å². The first-order valence-electron chi connectivity index (χ1n) is 9.78. The Kier molecular flexibility index (Phi) is 6.96. The minimum Gasteiger partial charge on any atom is -0.452 e. The first-order chi connectivity index (χ1) is 14.1. The van der Waals surface area contributed by atoms with Crippen LogP contribution in [0, 0.1) is 17.1 Å². The maximum absolute atomic E-state index is 13.2. The zero-order valence-corrected chi connectivity index (χ0v) is 16.1. The number of ether oxygens (including phenoxy) is 1. The zero-order valence-electron chi connectivity index (χ0n) is 16.1. The van der Waals surface area contributed by atoms with Crippen molar-refractivity contribution in [2.75, 3.05) is 6.61 Å². The lowest BCUT2D eigenvalue weighted by atomic mass is 9.93. The van der Waals surface area contributed by atoms with Crippen LogP contribution in [0.1, 0.15) is 53.6 Å². The van der Waals surface area contributed by atoms with Gasteiger partial charge in [0.25, 0.3) is 5.91 Å². The predicted molar refractivity (Wildman–Crippen MR) is 105 cm³/mol. The average molecular weight is 394 g/mol. The molecule has 0 aromatic heterocycles. The molecule has 6 heteroatoms. The molecule has 0 N–H and O–H groups in total. The van der Waals surface area contributed by atoms with Gasteiger partial charge in [0.05, 0.1) is 17.2 Å². The van der Waals surface area contributed by atoms with Gasteiger partial charge >= 0.3 is 5.97 Å². The molecule has 1 aliphatic rings. The SMILES string of the molecule is N#Cc1cccc(C(=O)OCC(=O)N(Cc2ccc(F)cc2)C2CCCCC2)c1. The molecule has 0 bridgehead atoms. The van der Waals surface area contributed by atoms with Gasteiger partial charge in [-0.15, -0.1) is 0 Å². The summed E-state index contributed by atoms with van der Waals surface area (Å²) in [5.41, 5.74) is 1.42. The average Bonchev–Trinajstić information content (AvgIpc) is 2.77. The van der Waals surface area contributed by atoms with E-state index < -0.39 is 5.97 Å². The summed E-state index contributed by atoms with van der Waals surface area (Å²) in [6, 6.07) is 14.3. The Morgan fingerprint density at radius 2 is 1.83 bits per heavy atom. The topological polar surface area (TPSA) is 70.4 Å². The van der Waals surface area contributed by atoms with Crippen LogP contribution in [-0.4, -0.2) is 29.4 Å². The molecule has 0 radical (unpaired) electrons. The van der Waals surface area contributed by atoms with Crippen LogP contribution >= 0.6 is 0 Å². The molecule has 2 aromatic carbocycles. The molecule has 2 aromatic rings. The Labute approximate surface area is 169 Å². The van der Waals surface area contributed by atoms with Crippen molar-refractivity contribution in [1.82, 2.24) is 4.90 Å². The number of hydrogen-bond donors (Lipinski definition) is 0. The molecule has 0 aliphatic heterocycles. The number of halogens is 1. The lowest BCUT2D eigenvalue weighted by Gasteiger charge is -2.34. The molecule has 150 valence electrons. The van der Waals surface area contributed by atoms with Crippen molar-refractivity contribution in [3.8, 4) is 6.07 Å². The molecular formula is C23H23FN2O3. The molecule has 1 amide bonds. The third-order valence-electron chi connectivity index (χ3n) is 5.16. The summed E-state index contributed by atoms with van der Waals surface area (Å²) in [6.07, 6.45) is 5.08. The fourth-order valence-corrected chi connectivity index (χ4v) is 3.61. The molecule has 0 atom stereocenters. The summed E-state index contributed by atoms with van der Waals surface area (Å²) in [4.78, 5) is 26.9. The number of hydrogen-bond acceptors (Lipinski definition) is 4. The maximum atomic E-state index is 13.2. The maximum Gasteiger partial charge on any atom is 0.338 e. The molecular weight excluding hydrogens is 371 g/mol. The smallest absolute Gasteiger partial charge is 0.338 e. The van der Waals surface area contributed by atoms with E-state index in [2.05, 4.69) is 0 Å². The highest BCUT2D eigenvalue weighted by Gasteiger charge is 2.26. The van der Waals surface area contributed by atoms with Crippen LogP contribution in [0.4, 0.5) is 4.39 Å². The second-order valence-corrected chi connectivity index (χ2v) is 7.21. The Morgan fingerprint density at radius 1 is 1.10 bits per heavy atom. The number of benzene rings is 2. The third-order valence-corrected chi connectivity index (χ3v) is 5.16. The van der Waals surface area contributed by atoms with Gasteiger partial charge in [0.15, 0.2) is 6.61 Å². The number of rotatable bonds is 6. The quantitative estimate of drug-likeness (QED) is 0.688. The standard InChI is InChI=1S/C23H23FN2O3/c24-20-11-9-17(10-12-20)15-26(21-7-2-1-3-8-21)22(27)16-29-23(28)19-6-4-5-18(13-19)14-25/h4-6,9-13,21H,1-3,7-8,15-16H2. The van der Waals surface area contributed by atoms with Gasteiger partial charge in [-0.1, -0.05) is 37.5 Å². The summed E-state index contributed by atoms with van der Waals surface area (Å²) < 4.78 is 18.4. The van der Waals surface area contributed by atoms with Crippen LogP contribution in [0.25, 0.3) is 0 Å². The van der Waals surface area contributed by atoms with Gasteiger partial charge < -0.3 is 9.64 Å². The normalized spacial score (nSPS) is 14.1. The minimum atomic E-state index is -0.638. The molecule has 1 fully saturated rings. The van der Waals surface area contributed by atoms with Crippen molar-refractivity contribution in [1.29, 1.82) is 5.26 Å². The molecule has 29 heavy (non-hydrogen) atoms. The first-order valence-corrected chi connectivity index (χ1v) is 9.78. The van der Waals surface area contributed by atoms with Crippen molar-refractivity contribution in [3.05, 3.63) is 71.0 Å². The highest BCUT2D eigenvalue weighted by molar-refractivity contribution is 5.91. The van der Waals surface area contributed by atoms with E-state index in [0.29, 0.717) is 12.1 Å². The number of carbonyl (C=O) groups is 2. The number of amides is 1. The van der Waals surface area contributed by atoms with E-state index in [4.69, 9.17) is 10.00 Å². The van der Waals surface area contributed by atoms with Gasteiger partial charge in [-0.05, 0) is 48.7 Å². The van der Waals surface area contributed by atoms with Gasteiger partial charge in [0.2, 0.25) is 0 Å². The molecule has 0 saturated heterocycles. The van der Waals surface area contributed by atoms with E-state index in [-0.39, 0.29) is 29.9 Å². The zero-order chi connectivity index (χ0) is 20.6. The van der Waals surface area contributed by atoms with Crippen molar-refractivity contribution in [2.45, 2.75) is 44.7 Å². The monoisotopic (exact) mass is 394 g/mol. The summed E-state index contributed by atoms with van der Waals surface area (Å²) in [7, 11) is 0. The molecule has 0 spiro atoms. The van der Waals surface area contributed by atoms with Crippen LogP contribution < -0.4 is 0 Å². The molecule has 1 aliphatic carbocycles. The van der Waals surface area contributed by atoms with Gasteiger partial charge in [0, 0.05) is 12.6 Å². The van der Waals surface area contributed by atoms with Crippen molar-refractivity contribution in [2.24, 2.45) is 0 Å². The van der Waals surface area contributed by atoms with Crippen LogP contribution in [-0.2, 0) is 16.1 Å². The van der Waals surface area contributed by atoms with Gasteiger partial charge in [-0.3, -0.25) is 4.79 Å². The van der Waals surface area contributed by atoms with Crippen LogP contribution in [0.15, 0.2) is 48.5 Å². The fourth-order valence-electron chi connectivity index (χ4n) is 3.61. The number of esters is 1. The lowest BCUT2D eigenvalue weighted by molar-refractivity contribution is -0.138. The number of nitriles is 1. The number of carbonyl (C=O) groups excluding carboxylic acids is 2. The van der Waals surface area contributed by atoms with Crippen LogP contribution in [0.2, 0.25) is 0 Å². The Morgan fingerprint density at radius 3 is 2.52 bits per heavy atom. The van der Waals surface area contributed by atoms with Crippen LogP contribution in [0.3, 0.4) is 0 Å². The third kappa shape index (κ3) is 5.64. The molecule has 3 rings (SSSR count). The number of nitrogens with zero attached hydrogens (tertiary/aromatic N) is 2. The van der Waals surface area contributed by atoms with Crippen molar-refractivity contribution in [3.63, 3.8) is 0 Å². The molecule has 5 nitrogen and oxygen atoms in total. The second-order valence-electron chi connectivity index (χ2n) is 7.21. The molecule has 0 heterocycles. The van der Waals surface area contributed by atoms with E-state index in [1.54, 1.807) is 35.2 Å². The largest absolute Gasteiger partial charge is 0.452 e. The van der Waals surface area contributed by atoms with E-state index in [1.807, 2.05) is 6.07 Å². The Bertz CT molecular complexity index is 899. The summed E-state index contributed by atoms with van der Waals surface area (Å²) in [5.74, 6) is -1.23. The Hall–Kier alpha value is -3.20. The highest BCUT2D eigenvalue weighted by atomic mass is 19.1. The van der Waals surface area contributed by atoms with E-state index >= 15 is 0 Å². The molecule has 1 saturated carbocycles.